The third-order valence-corrected chi connectivity index (χ3v) is 6.36. The molecule has 1 heterocycles. The zero-order valence-corrected chi connectivity index (χ0v) is 12.8. The van der Waals surface area contributed by atoms with Crippen LogP contribution in [0.5, 0.6) is 0 Å². The topological polar surface area (TPSA) is 74.8 Å². The van der Waals surface area contributed by atoms with E-state index in [-0.39, 0.29) is 10.3 Å². The number of sulfonamides is 1. The summed E-state index contributed by atoms with van der Waals surface area (Å²) in [5, 5.41) is 7.24. The highest BCUT2D eigenvalue weighted by molar-refractivity contribution is 9.09. The molecule has 1 aliphatic rings. The predicted octanol–water partition coefficient (Wildman–Crippen LogP) is 1.95. The Bertz CT molecular complexity index is 506. The van der Waals surface area contributed by atoms with Gasteiger partial charge in [-0.15, -0.1) is 0 Å². The summed E-state index contributed by atoms with van der Waals surface area (Å²) in [5.74, 6) is 0. The molecule has 1 fully saturated rings. The summed E-state index contributed by atoms with van der Waals surface area (Å²) in [6, 6.07) is 0. The molecule has 0 saturated heterocycles. The third kappa shape index (κ3) is 2.78. The summed E-state index contributed by atoms with van der Waals surface area (Å²) in [4.78, 5) is 0.241. The number of alkyl halides is 1. The number of hydrogen-bond donors (Lipinski definition) is 2. The Labute approximate surface area is 116 Å². The van der Waals surface area contributed by atoms with Crippen molar-refractivity contribution < 1.29 is 8.42 Å². The minimum absolute atomic E-state index is 0.0741. The van der Waals surface area contributed by atoms with Crippen LogP contribution in [0.25, 0.3) is 0 Å². The van der Waals surface area contributed by atoms with Gasteiger partial charge in [0, 0.05) is 11.9 Å². The number of aryl methyl sites for hydroxylation is 1. The van der Waals surface area contributed by atoms with Gasteiger partial charge in [0.25, 0.3) is 0 Å². The van der Waals surface area contributed by atoms with Crippen molar-refractivity contribution in [1.82, 2.24) is 14.9 Å². The lowest BCUT2D eigenvalue weighted by molar-refractivity contribution is 0.347. The molecule has 102 valence electrons. The average Bonchev–Trinajstić information content (AvgIpc) is 2.96. The fraction of sp³-hybridized carbons (Fsp3) is 0.727. The lowest BCUT2D eigenvalue weighted by atomic mass is 9.89. The smallest absolute Gasteiger partial charge is 0.243 e. The van der Waals surface area contributed by atoms with Crippen molar-refractivity contribution in [2.24, 2.45) is 5.41 Å². The maximum absolute atomic E-state index is 12.1. The summed E-state index contributed by atoms with van der Waals surface area (Å²) >= 11 is 3.51. The Morgan fingerprint density at radius 2 is 2.17 bits per heavy atom. The van der Waals surface area contributed by atoms with E-state index in [4.69, 9.17) is 0 Å². The van der Waals surface area contributed by atoms with E-state index in [0.29, 0.717) is 12.2 Å². The molecule has 5 nitrogen and oxygen atoms in total. The van der Waals surface area contributed by atoms with Crippen molar-refractivity contribution in [2.45, 2.75) is 37.5 Å². The van der Waals surface area contributed by atoms with E-state index in [0.717, 1.165) is 18.2 Å². The van der Waals surface area contributed by atoms with Crippen LogP contribution in [0.1, 0.15) is 31.4 Å². The van der Waals surface area contributed by atoms with E-state index >= 15 is 0 Å². The summed E-state index contributed by atoms with van der Waals surface area (Å²) in [5.41, 5.74) is 0.645. The molecule has 0 amide bonds. The molecule has 0 unspecified atom stereocenters. The lowest BCUT2D eigenvalue weighted by Gasteiger charge is -2.26. The number of halogens is 1. The lowest BCUT2D eigenvalue weighted by Crippen LogP contribution is -2.37. The second-order valence-corrected chi connectivity index (χ2v) is 7.32. The van der Waals surface area contributed by atoms with E-state index in [2.05, 4.69) is 30.8 Å². The van der Waals surface area contributed by atoms with Crippen LogP contribution in [-0.4, -0.2) is 30.5 Å². The molecule has 7 heteroatoms. The number of aromatic nitrogens is 2. The van der Waals surface area contributed by atoms with Gasteiger partial charge >= 0.3 is 0 Å². The van der Waals surface area contributed by atoms with Gasteiger partial charge in [-0.05, 0) is 25.2 Å². The Kier molecular flexibility index (Phi) is 4.13. The number of H-pyrrole nitrogens is 1. The molecule has 0 atom stereocenters. The molecule has 1 saturated carbocycles. The Morgan fingerprint density at radius 1 is 1.50 bits per heavy atom. The van der Waals surface area contributed by atoms with Gasteiger partial charge in [-0.25, -0.2) is 13.1 Å². The maximum Gasteiger partial charge on any atom is 0.243 e. The normalized spacial score (nSPS) is 19.2. The first-order chi connectivity index (χ1) is 8.49. The zero-order chi connectivity index (χ0) is 13.2. The van der Waals surface area contributed by atoms with Crippen molar-refractivity contribution in [3.05, 3.63) is 11.9 Å². The first kappa shape index (κ1) is 14.0. The molecule has 18 heavy (non-hydrogen) atoms. The molecule has 1 aliphatic carbocycles. The number of rotatable bonds is 5. The van der Waals surface area contributed by atoms with Crippen molar-refractivity contribution in [3.63, 3.8) is 0 Å². The van der Waals surface area contributed by atoms with Gasteiger partial charge in [0.15, 0.2) is 0 Å². The van der Waals surface area contributed by atoms with Gasteiger partial charge in [-0.3, -0.25) is 5.10 Å². The molecular weight excluding hydrogens is 318 g/mol. The van der Waals surface area contributed by atoms with E-state index in [1.54, 1.807) is 6.92 Å². The first-order valence-corrected chi connectivity index (χ1v) is 8.65. The number of nitrogens with zero attached hydrogens (tertiary/aromatic N) is 1. The zero-order valence-electron chi connectivity index (χ0n) is 10.4. The largest absolute Gasteiger partial charge is 0.281 e. The monoisotopic (exact) mass is 335 g/mol. The summed E-state index contributed by atoms with van der Waals surface area (Å²) in [7, 11) is -3.45. The van der Waals surface area contributed by atoms with Gasteiger partial charge in [0.05, 0.1) is 11.9 Å². The van der Waals surface area contributed by atoms with Gasteiger partial charge in [-0.2, -0.15) is 5.10 Å². The molecule has 2 N–H and O–H groups in total. The molecule has 0 aliphatic heterocycles. The second-order valence-electron chi connectivity index (χ2n) is 5.02. The quantitative estimate of drug-likeness (QED) is 0.807. The summed E-state index contributed by atoms with van der Waals surface area (Å²) < 4.78 is 27.0. The molecule has 1 aromatic heterocycles. The van der Waals surface area contributed by atoms with Crippen LogP contribution in [0.3, 0.4) is 0 Å². The number of nitrogens with one attached hydrogen (secondary N) is 2. The number of hydrogen-bond acceptors (Lipinski definition) is 3. The first-order valence-electron chi connectivity index (χ1n) is 6.05. The van der Waals surface area contributed by atoms with Gasteiger partial charge < -0.3 is 0 Å². The molecule has 2 rings (SSSR count). The summed E-state index contributed by atoms with van der Waals surface area (Å²) in [6.07, 6.45) is 5.86. The maximum atomic E-state index is 12.1. The van der Waals surface area contributed by atoms with E-state index < -0.39 is 10.0 Å². The van der Waals surface area contributed by atoms with Crippen molar-refractivity contribution in [1.29, 1.82) is 0 Å². The van der Waals surface area contributed by atoms with Gasteiger partial charge in [0.1, 0.15) is 4.90 Å². The summed E-state index contributed by atoms with van der Waals surface area (Å²) in [6.45, 7) is 2.20. The second kappa shape index (κ2) is 5.30. The van der Waals surface area contributed by atoms with Crippen LogP contribution in [0.4, 0.5) is 0 Å². The van der Waals surface area contributed by atoms with Crippen molar-refractivity contribution in [2.75, 3.05) is 11.9 Å². The van der Waals surface area contributed by atoms with E-state index in [1.807, 2.05) is 0 Å². The number of aromatic amines is 1. The van der Waals surface area contributed by atoms with Gasteiger partial charge in [-0.1, -0.05) is 28.8 Å². The molecule has 1 aromatic rings. The SMILES string of the molecule is Cc1[nH]ncc1S(=O)(=O)NCC1(CBr)CCCC1. The third-order valence-electron chi connectivity index (χ3n) is 3.66. The Hall–Kier alpha value is -0.400. The van der Waals surface area contributed by atoms with Crippen LogP contribution >= 0.6 is 15.9 Å². The van der Waals surface area contributed by atoms with Crippen LogP contribution in [0, 0.1) is 12.3 Å². The Morgan fingerprint density at radius 3 is 2.67 bits per heavy atom. The van der Waals surface area contributed by atoms with Gasteiger partial charge in [0.2, 0.25) is 10.0 Å². The van der Waals surface area contributed by atoms with E-state index in [9.17, 15) is 8.42 Å². The highest BCUT2D eigenvalue weighted by atomic mass is 79.9. The van der Waals surface area contributed by atoms with Crippen LogP contribution in [0.2, 0.25) is 0 Å². The molecule has 0 radical (unpaired) electrons. The predicted molar refractivity (Wildman–Crippen MR) is 73.2 cm³/mol. The van der Waals surface area contributed by atoms with Crippen LogP contribution in [0.15, 0.2) is 11.1 Å². The Balaban J connectivity index is 2.08. The minimum atomic E-state index is -3.45. The highest BCUT2D eigenvalue weighted by Gasteiger charge is 2.34. The molecule has 0 aromatic carbocycles. The standard InChI is InChI=1S/C11H18BrN3O2S/c1-9-10(6-13-15-9)18(16,17)14-8-11(7-12)4-2-3-5-11/h6,14H,2-5,7-8H2,1H3,(H,13,15). The van der Waals surface area contributed by atoms with E-state index in [1.165, 1.54) is 19.0 Å². The average molecular weight is 336 g/mol. The molecule has 0 spiro atoms. The van der Waals surface area contributed by atoms with Crippen LogP contribution in [-0.2, 0) is 10.0 Å². The highest BCUT2D eigenvalue weighted by Crippen LogP contribution is 2.39. The minimum Gasteiger partial charge on any atom is -0.281 e. The fourth-order valence-electron chi connectivity index (χ4n) is 2.42. The fourth-order valence-corrected chi connectivity index (χ4v) is 4.47. The molecular formula is C11H18BrN3O2S. The molecule has 0 bridgehead atoms. The van der Waals surface area contributed by atoms with Crippen LogP contribution < -0.4 is 4.72 Å². The van der Waals surface area contributed by atoms with Crippen molar-refractivity contribution in [3.8, 4) is 0 Å². The van der Waals surface area contributed by atoms with Crippen molar-refractivity contribution >= 4 is 26.0 Å².